The molecule has 166 valence electrons. The molecule has 0 atom stereocenters. The highest BCUT2D eigenvalue weighted by Crippen LogP contribution is 2.39. The summed E-state index contributed by atoms with van der Waals surface area (Å²) in [5.74, 6) is 0.651. The Labute approximate surface area is 201 Å². The zero-order chi connectivity index (χ0) is 23.2. The van der Waals surface area contributed by atoms with Crippen molar-refractivity contribution in [3.63, 3.8) is 0 Å². The molecule has 2 heterocycles. The zero-order valence-electron chi connectivity index (χ0n) is 20.1. The van der Waals surface area contributed by atoms with Gasteiger partial charge in [-0.05, 0) is 74.9 Å². The number of pyridine rings is 1. The van der Waals surface area contributed by atoms with E-state index in [1.807, 2.05) is 17.5 Å². The van der Waals surface area contributed by atoms with Crippen LogP contribution in [0.5, 0.6) is 0 Å². The molecule has 0 saturated heterocycles. The van der Waals surface area contributed by atoms with Crippen LogP contribution in [0.2, 0.25) is 0 Å². The van der Waals surface area contributed by atoms with E-state index in [1.165, 1.54) is 48.7 Å². The fourth-order valence-electron chi connectivity index (χ4n) is 4.78. The lowest BCUT2D eigenvalue weighted by Crippen LogP contribution is -2.12. The minimum atomic E-state index is 0.0591. The fraction of sp³-hybridized carbons (Fsp3) is 0.258. The first-order valence-electron chi connectivity index (χ1n) is 11.8. The van der Waals surface area contributed by atoms with E-state index in [0.717, 1.165) is 12.1 Å². The molecule has 33 heavy (non-hydrogen) atoms. The number of aromatic nitrogens is 1. The van der Waals surface area contributed by atoms with Gasteiger partial charge in [0.1, 0.15) is 0 Å². The largest absolute Gasteiger partial charge is 0.256 e. The molecule has 5 rings (SSSR count). The van der Waals surface area contributed by atoms with E-state index in [2.05, 4.69) is 107 Å². The molecular formula is C31H31NS. The van der Waals surface area contributed by atoms with Crippen molar-refractivity contribution in [3.05, 3.63) is 89.4 Å². The molecule has 0 N–H and O–H groups in total. The van der Waals surface area contributed by atoms with E-state index in [9.17, 15) is 0 Å². The highest BCUT2D eigenvalue weighted by molar-refractivity contribution is 7.18. The summed E-state index contributed by atoms with van der Waals surface area (Å²) < 4.78 is 1.42. The summed E-state index contributed by atoms with van der Waals surface area (Å²) >= 11 is 1.87. The van der Waals surface area contributed by atoms with E-state index in [-0.39, 0.29) is 5.41 Å². The SMILES string of the molecule is CC(C)Cc1cccc2c(-c3ccnc(-c4cc(C(C)(C)C)c5ccccc5c4)c3)csc12. The number of nitrogens with zero attached hydrogens (tertiary/aromatic N) is 1. The maximum atomic E-state index is 4.79. The molecule has 0 unspecified atom stereocenters. The maximum absolute atomic E-state index is 4.79. The van der Waals surface area contributed by atoms with Gasteiger partial charge in [-0.15, -0.1) is 11.3 Å². The topological polar surface area (TPSA) is 12.9 Å². The van der Waals surface area contributed by atoms with Gasteiger partial charge in [0.05, 0.1) is 5.69 Å². The van der Waals surface area contributed by atoms with Crippen LogP contribution in [0.25, 0.3) is 43.2 Å². The van der Waals surface area contributed by atoms with Crippen molar-refractivity contribution in [2.45, 2.75) is 46.5 Å². The Hall–Kier alpha value is -2.97. The molecule has 0 fully saturated rings. The normalized spacial score (nSPS) is 12.2. The monoisotopic (exact) mass is 449 g/mol. The van der Waals surface area contributed by atoms with Crippen LogP contribution in [0.1, 0.15) is 45.7 Å². The third kappa shape index (κ3) is 4.20. The first-order valence-corrected chi connectivity index (χ1v) is 12.7. The van der Waals surface area contributed by atoms with Gasteiger partial charge >= 0.3 is 0 Å². The third-order valence-corrected chi connectivity index (χ3v) is 7.42. The van der Waals surface area contributed by atoms with Gasteiger partial charge in [-0.25, -0.2) is 0 Å². The number of thiophene rings is 1. The lowest BCUT2D eigenvalue weighted by Gasteiger charge is -2.22. The first-order chi connectivity index (χ1) is 15.8. The molecule has 0 radical (unpaired) electrons. The van der Waals surface area contributed by atoms with Gasteiger partial charge in [0.15, 0.2) is 0 Å². The Morgan fingerprint density at radius 1 is 0.848 bits per heavy atom. The van der Waals surface area contributed by atoms with Crippen molar-refractivity contribution in [2.24, 2.45) is 5.92 Å². The van der Waals surface area contributed by atoms with Gasteiger partial charge in [-0.2, -0.15) is 0 Å². The van der Waals surface area contributed by atoms with Crippen molar-refractivity contribution in [2.75, 3.05) is 0 Å². The van der Waals surface area contributed by atoms with E-state index in [4.69, 9.17) is 4.98 Å². The third-order valence-electron chi connectivity index (χ3n) is 6.35. The first kappa shape index (κ1) is 21.9. The van der Waals surface area contributed by atoms with Crippen molar-refractivity contribution in [1.82, 2.24) is 4.98 Å². The molecule has 2 heteroatoms. The van der Waals surface area contributed by atoms with Crippen LogP contribution in [0.15, 0.2) is 78.3 Å². The average molecular weight is 450 g/mol. The highest BCUT2D eigenvalue weighted by Gasteiger charge is 2.19. The highest BCUT2D eigenvalue weighted by atomic mass is 32.1. The van der Waals surface area contributed by atoms with E-state index < -0.39 is 0 Å². The second-order valence-corrected chi connectivity index (χ2v) is 11.3. The molecule has 0 aliphatic rings. The van der Waals surface area contributed by atoms with Gasteiger partial charge in [0.25, 0.3) is 0 Å². The van der Waals surface area contributed by atoms with Gasteiger partial charge in [0, 0.05) is 27.4 Å². The zero-order valence-corrected chi connectivity index (χ0v) is 21.0. The van der Waals surface area contributed by atoms with Gasteiger partial charge in [-0.1, -0.05) is 77.1 Å². The number of hydrogen-bond acceptors (Lipinski definition) is 2. The minimum absolute atomic E-state index is 0.0591. The summed E-state index contributed by atoms with van der Waals surface area (Å²) in [4.78, 5) is 4.79. The summed E-state index contributed by atoms with van der Waals surface area (Å²) in [6.45, 7) is 11.4. The summed E-state index contributed by atoms with van der Waals surface area (Å²) in [6.07, 6.45) is 3.07. The molecule has 0 bridgehead atoms. The van der Waals surface area contributed by atoms with E-state index >= 15 is 0 Å². The molecule has 0 aliphatic heterocycles. The Kier molecular flexibility index (Phi) is 5.58. The number of hydrogen-bond donors (Lipinski definition) is 0. The average Bonchev–Trinajstić information content (AvgIpc) is 3.23. The summed E-state index contributed by atoms with van der Waals surface area (Å²) in [5, 5.41) is 6.26. The van der Waals surface area contributed by atoms with Crippen LogP contribution < -0.4 is 0 Å². The van der Waals surface area contributed by atoms with Crippen LogP contribution in [-0.2, 0) is 11.8 Å². The molecule has 0 saturated carbocycles. The Morgan fingerprint density at radius 2 is 1.64 bits per heavy atom. The lowest BCUT2D eigenvalue weighted by atomic mass is 9.82. The quantitative estimate of drug-likeness (QED) is 0.266. The van der Waals surface area contributed by atoms with Gasteiger partial charge < -0.3 is 0 Å². The molecule has 3 aromatic carbocycles. The van der Waals surface area contributed by atoms with Crippen LogP contribution in [0.4, 0.5) is 0 Å². The Bertz CT molecular complexity index is 1450. The van der Waals surface area contributed by atoms with E-state index in [0.29, 0.717) is 5.92 Å². The summed E-state index contributed by atoms with van der Waals surface area (Å²) in [7, 11) is 0. The fourth-order valence-corrected chi connectivity index (χ4v) is 5.88. The Balaban J connectivity index is 1.64. The van der Waals surface area contributed by atoms with Crippen molar-refractivity contribution in [1.29, 1.82) is 0 Å². The molecular weight excluding hydrogens is 418 g/mol. The predicted octanol–water partition coefficient (Wildman–Crippen LogP) is 9.28. The second-order valence-electron chi connectivity index (χ2n) is 10.5. The van der Waals surface area contributed by atoms with Crippen molar-refractivity contribution in [3.8, 4) is 22.4 Å². The number of rotatable bonds is 4. The second kappa shape index (κ2) is 8.43. The number of benzene rings is 3. The lowest BCUT2D eigenvalue weighted by molar-refractivity contribution is 0.596. The molecule has 2 aromatic heterocycles. The van der Waals surface area contributed by atoms with Gasteiger partial charge in [0.2, 0.25) is 0 Å². The molecule has 5 aromatic rings. The molecule has 1 nitrogen and oxygen atoms in total. The van der Waals surface area contributed by atoms with Gasteiger partial charge in [-0.3, -0.25) is 4.98 Å². The summed E-state index contributed by atoms with van der Waals surface area (Å²) in [6, 6.07) is 24.5. The predicted molar refractivity (Wildman–Crippen MR) is 145 cm³/mol. The summed E-state index contributed by atoms with van der Waals surface area (Å²) in [5.41, 5.74) is 7.63. The minimum Gasteiger partial charge on any atom is -0.256 e. The molecule has 0 amide bonds. The van der Waals surface area contributed by atoms with Crippen molar-refractivity contribution < 1.29 is 0 Å². The van der Waals surface area contributed by atoms with Crippen LogP contribution in [-0.4, -0.2) is 4.98 Å². The molecule has 0 aliphatic carbocycles. The Morgan fingerprint density at radius 3 is 2.42 bits per heavy atom. The van der Waals surface area contributed by atoms with Crippen LogP contribution >= 0.6 is 11.3 Å². The standard InChI is InChI=1S/C31H31NS/c1-20(2)15-23-10-8-12-26-27(19-33-30(23)26)22-13-14-32-29(18-22)24-16-21-9-6-7-11-25(21)28(17-24)31(3,4)5/h6-14,16-20H,15H2,1-5H3. The molecule has 0 spiro atoms. The number of fused-ring (bicyclic) bond motifs is 2. The van der Waals surface area contributed by atoms with Crippen LogP contribution in [0.3, 0.4) is 0 Å². The maximum Gasteiger partial charge on any atom is 0.0708 e. The smallest absolute Gasteiger partial charge is 0.0708 e. The van der Waals surface area contributed by atoms with Crippen LogP contribution in [0, 0.1) is 5.92 Å². The van der Waals surface area contributed by atoms with E-state index in [1.54, 1.807) is 0 Å². The van der Waals surface area contributed by atoms with Crippen molar-refractivity contribution >= 4 is 32.2 Å².